The van der Waals surface area contributed by atoms with Gasteiger partial charge in [0.1, 0.15) is 0 Å². The van der Waals surface area contributed by atoms with Crippen LogP contribution in [0.5, 0.6) is 0 Å². The molecule has 0 aromatic heterocycles. The quantitative estimate of drug-likeness (QED) is 0.564. The van der Waals surface area contributed by atoms with Crippen molar-refractivity contribution < 1.29 is 19.1 Å². The van der Waals surface area contributed by atoms with Crippen LogP contribution in [0.25, 0.3) is 0 Å². The molecule has 0 unspecified atom stereocenters. The maximum Gasteiger partial charge on any atom is 0.334 e. The van der Waals surface area contributed by atoms with E-state index in [0.29, 0.717) is 38.9 Å². The summed E-state index contributed by atoms with van der Waals surface area (Å²) in [4.78, 5) is 37.8. The molecular formula is C15H21N3O4. The summed E-state index contributed by atoms with van der Waals surface area (Å²) >= 11 is 0. The van der Waals surface area contributed by atoms with Crippen molar-refractivity contribution in [1.82, 2.24) is 9.80 Å². The van der Waals surface area contributed by atoms with Gasteiger partial charge in [0.25, 0.3) is 0 Å². The van der Waals surface area contributed by atoms with Crippen molar-refractivity contribution in [3.05, 3.63) is 0 Å². The van der Waals surface area contributed by atoms with Gasteiger partial charge in [-0.1, -0.05) is 0 Å². The van der Waals surface area contributed by atoms with Gasteiger partial charge in [-0.3, -0.25) is 19.4 Å². The van der Waals surface area contributed by atoms with E-state index in [1.54, 1.807) is 13.8 Å². The fourth-order valence-corrected chi connectivity index (χ4v) is 2.93. The van der Waals surface area contributed by atoms with Gasteiger partial charge >= 0.3 is 17.8 Å². The Morgan fingerprint density at radius 1 is 1.23 bits per heavy atom. The minimum atomic E-state index is -0.767. The Labute approximate surface area is 129 Å². The van der Waals surface area contributed by atoms with Crippen molar-refractivity contribution in [3.63, 3.8) is 0 Å². The molecule has 0 N–H and O–H groups in total. The molecule has 0 radical (unpaired) electrons. The summed E-state index contributed by atoms with van der Waals surface area (Å²) in [6.45, 7) is 4.69. The number of carbonyl (C=O) groups excluding carboxylic acids is 3. The lowest BCUT2D eigenvalue weighted by molar-refractivity contribution is -0.143. The van der Waals surface area contributed by atoms with Gasteiger partial charge in [0, 0.05) is 25.8 Å². The molecular weight excluding hydrogens is 286 g/mol. The highest BCUT2D eigenvalue weighted by atomic mass is 16.5. The number of nitriles is 1. The summed E-state index contributed by atoms with van der Waals surface area (Å²) in [6, 6.07) is 1.46. The average Bonchev–Trinajstić information content (AvgIpc) is 2.71. The molecule has 4 amide bonds. The number of ether oxygens (including phenoxy) is 1. The molecule has 2 aliphatic heterocycles. The zero-order valence-electron chi connectivity index (χ0n) is 13.0. The molecule has 2 fully saturated rings. The van der Waals surface area contributed by atoms with Crippen molar-refractivity contribution in [2.45, 2.75) is 45.6 Å². The first-order valence-electron chi connectivity index (χ1n) is 7.60. The first-order chi connectivity index (χ1) is 10.4. The standard InChI is InChI=1S/C15H21N3O4/c1-11(2)18-13(20)12(19)17(14(18)21)7-3-4-15(10-16)5-8-22-9-6-15/h11H,3-9H2,1-2H3. The van der Waals surface area contributed by atoms with Gasteiger partial charge in [0.2, 0.25) is 0 Å². The first-order valence-corrected chi connectivity index (χ1v) is 7.60. The van der Waals surface area contributed by atoms with Crippen molar-refractivity contribution in [2.24, 2.45) is 5.41 Å². The van der Waals surface area contributed by atoms with Crippen molar-refractivity contribution in [2.75, 3.05) is 19.8 Å². The topological polar surface area (TPSA) is 90.7 Å². The summed E-state index contributed by atoms with van der Waals surface area (Å²) in [6.07, 6.45) is 2.45. The highest BCUT2D eigenvalue weighted by molar-refractivity contribution is 6.44. The molecule has 0 aliphatic carbocycles. The zero-order valence-corrected chi connectivity index (χ0v) is 13.0. The number of nitrogens with zero attached hydrogens (tertiary/aromatic N) is 3. The molecule has 120 valence electrons. The van der Waals surface area contributed by atoms with Crippen LogP contribution < -0.4 is 0 Å². The molecule has 0 bridgehead atoms. The van der Waals surface area contributed by atoms with E-state index in [1.165, 1.54) is 0 Å². The lowest BCUT2D eigenvalue weighted by atomic mass is 9.78. The Kier molecular flexibility index (Phi) is 4.81. The number of hydrogen-bond donors (Lipinski definition) is 0. The van der Waals surface area contributed by atoms with Crippen LogP contribution in [0.15, 0.2) is 0 Å². The van der Waals surface area contributed by atoms with Crippen molar-refractivity contribution in [1.29, 1.82) is 5.26 Å². The maximum atomic E-state index is 12.1. The van der Waals surface area contributed by atoms with Crippen LogP contribution in [0.2, 0.25) is 0 Å². The van der Waals surface area contributed by atoms with E-state index >= 15 is 0 Å². The molecule has 2 aliphatic rings. The predicted octanol–water partition coefficient (Wildman–Crippen LogP) is 1.29. The third-order valence-corrected chi connectivity index (χ3v) is 4.32. The smallest absolute Gasteiger partial charge is 0.334 e. The Hall–Kier alpha value is -1.94. The van der Waals surface area contributed by atoms with E-state index in [0.717, 1.165) is 9.80 Å². The third kappa shape index (κ3) is 2.97. The maximum absolute atomic E-state index is 12.1. The Morgan fingerprint density at radius 2 is 1.86 bits per heavy atom. The fourth-order valence-electron chi connectivity index (χ4n) is 2.93. The van der Waals surface area contributed by atoms with Crippen LogP contribution in [0.4, 0.5) is 4.79 Å². The van der Waals surface area contributed by atoms with Crippen LogP contribution in [-0.4, -0.2) is 53.4 Å². The summed E-state index contributed by atoms with van der Waals surface area (Å²) in [5, 5.41) is 9.38. The van der Waals surface area contributed by atoms with Gasteiger partial charge in [-0.25, -0.2) is 4.79 Å². The van der Waals surface area contributed by atoms with Gasteiger partial charge in [-0.15, -0.1) is 0 Å². The molecule has 0 aromatic carbocycles. The largest absolute Gasteiger partial charge is 0.381 e. The second-order valence-electron chi connectivity index (χ2n) is 6.12. The van der Waals surface area contributed by atoms with Gasteiger partial charge in [-0.2, -0.15) is 5.26 Å². The van der Waals surface area contributed by atoms with Gasteiger partial charge < -0.3 is 4.74 Å². The summed E-state index contributed by atoms with van der Waals surface area (Å²) < 4.78 is 5.27. The highest BCUT2D eigenvalue weighted by Crippen LogP contribution is 2.34. The summed E-state index contributed by atoms with van der Waals surface area (Å²) in [7, 11) is 0. The van der Waals surface area contributed by atoms with E-state index in [2.05, 4.69) is 6.07 Å². The number of hydrogen-bond acceptors (Lipinski definition) is 5. The highest BCUT2D eigenvalue weighted by Gasteiger charge is 2.45. The van der Waals surface area contributed by atoms with E-state index in [9.17, 15) is 19.6 Å². The number of imide groups is 2. The van der Waals surface area contributed by atoms with Gasteiger partial charge in [0.05, 0.1) is 11.5 Å². The van der Waals surface area contributed by atoms with E-state index in [4.69, 9.17) is 4.74 Å². The number of amides is 4. The molecule has 7 heteroatoms. The van der Waals surface area contributed by atoms with Gasteiger partial charge in [0.15, 0.2) is 0 Å². The monoisotopic (exact) mass is 307 g/mol. The summed E-state index contributed by atoms with van der Waals surface area (Å²) in [5.41, 5.74) is -0.439. The van der Waals surface area contributed by atoms with E-state index in [1.807, 2.05) is 0 Å². The lowest BCUT2D eigenvalue weighted by Gasteiger charge is -2.31. The minimum absolute atomic E-state index is 0.177. The Balaban J connectivity index is 1.94. The summed E-state index contributed by atoms with van der Waals surface area (Å²) in [5.74, 6) is -1.53. The van der Waals surface area contributed by atoms with Crippen LogP contribution in [0, 0.1) is 16.7 Å². The van der Waals surface area contributed by atoms with E-state index in [-0.39, 0.29) is 12.6 Å². The third-order valence-electron chi connectivity index (χ3n) is 4.32. The van der Waals surface area contributed by atoms with E-state index < -0.39 is 23.3 Å². The van der Waals surface area contributed by atoms with Gasteiger partial charge in [-0.05, 0) is 39.5 Å². The van der Waals surface area contributed by atoms with Crippen LogP contribution >= 0.6 is 0 Å². The molecule has 0 spiro atoms. The average molecular weight is 307 g/mol. The van der Waals surface area contributed by atoms with Crippen LogP contribution in [-0.2, 0) is 14.3 Å². The molecule has 0 atom stereocenters. The molecule has 0 saturated carbocycles. The SMILES string of the molecule is CC(C)N1C(=O)C(=O)N(CCCC2(C#N)CCOCC2)C1=O. The molecule has 2 heterocycles. The number of carbonyl (C=O) groups is 3. The number of urea groups is 1. The molecule has 0 aromatic rings. The second kappa shape index (κ2) is 6.44. The van der Waals surface area contributed by atoms with Crippen molar-refractivity contribution in [3.8, 4) is 6.07 Å². The normalized spacial score (nSPS) is 21.6. The predicted molar refractivity (Wildman–Crippen MR) is 76.4 cm³/mol. The molecule has 22 heavy (non-hydrogen) atoms. The van der Waals surface area contributed by atoms with Crippen LogP contribution in [0.3, 0.4) is 0 Å². The molecule has 7 nitrogen and oxygen atoms in total. The van der Waals surface area contributed by atoms with Crippen molar-refractivity contribution >= 4 is 17.8 Å². The lowest BCUT2D eigenvalue weighted by Crippen LogP contribution is -2.38. The zero-order chi connectivity index (χ0) is 16.3. The Morgan fingerprint density at radius 3 is 2.36 bits per heavy atom. The Bertz CT molecular complexity index is 517. The number of rotatable bonds is 5. The second-order valence-corrected chi connectivity index (χ2v) is 6.12. The minimum Gasteiger partial charge on any atom is -0.381 e. The molecule has 2 saturated heterocycles. The molecule has 2 rings (SSSR count). The van der Waals surface area contributed by atoms with Crippen LogP contribution in [0.1, 0.15) is 39.5 Å². The fraction of sp³-hybridized carbons (Fsp3) is 0.733. The first kappa shape index (κ1) is 16.4.